The fourth-order valence-electron chi connectivity index (χ4n) is 6.08. The van der Waals surface area contributed by atoms with Crippen LogP contribution in [0.15, 0.2) is 124 Å². The van der Waals surface area contributed by atoms with Crippen molar-refractivity contribution in [3.63, 3.8) is 0 Å². The van der Waals surface area contributed by atoms with Crippen molar-refractivity contribution in [1.82, 2.24) is 4.98 Å². The summed E-state index contributed by atoms with van der Waals surface area (Å²) in [5, 5.41) is 4.77. The first-order valence-corrected chi connectivity index (χ1v) is 12.8. The standard InChI is InChI=1S/C35H19NO2/c1-3-10-31-24(6-1)29-19-28-27-18-22(16-17-23(27)25-7-5-8-26(33(25)28)34(29)37-31)20-12-14-21(15-13-20)35-36-30-9-2-4-11-32(30)38-35/h1-19H. The molecule has 0 fully saturated rings. The smallest absolute Gasteiger partial charge is 0.227 e. The van der Waals surface area contributed by atoms with Crippen LogP contribution in [-0.2, 0) is 0 Å². The van der Waals surface area contributed by atoms with Crippen molar-refractivity contribution in [2.45, 2.75) is 0 Å². The van der Waals surface area contributed by atoms with Crippen LogP contribution in [0.3, 0.4) is 0 Å². The first-order chi connectivity index (χ1) is 18.8. The molecule has 0 saturated carbocycles. The van der Waals surface area contributed by atoms with Gasteiger partial charge in [0.05, 0.1) is 0 Å². The minimum atomic E-state index is 0.644. The molecular formula is C35H19NO2. The van der Waals surface area contributed by atoms with Gasteiger partial charge in [-0.15, -0.1) is 0 Å². The maximum atomic E-state index is 6.35. The highest BCUT2D eigenvalue weighted by atomic mass is 16.3. The quantitative estimate of drug-likeness (QED) is 0.245. The average Bonchev–Trinajstić information content (AvgIpc) is 3.66. The number of hydrogen-bond acceptors (Lipinski definition) is 3. The van der Waals surface area contributed by atoms with E-state index in [0.717, 1.165) is 38.8 Å². The largest absolute Gasteiger partial charge is 0.455 e. The van der Waals surface area contributed by atoms with Gasteiger partial charge in [0.15, 0.2) is 5.58 Å². The average molecular weight is 486 g/mol. The summed E-state index contributed by atoms with van der Waals surface area (Å²) in [6.07, 6.45) is 0. The van der Waals surface area contributed by atoms with Crippen molar-refractivity contribution in [1.29, 1.82) is 0 Å². The molecule has 3 heteroatoms. The zero-order valence-corrected chi connectivity index (χ0v) is 20.2. The van der Waals surface area contributed by atoms with Crippen LogP contribution in [0.5, 0.6) is 0 Å². The van der Waals surface area contributed by atoms with Crippen LogP contribution in [0.2, 0.25) is 0 Å². The second-order valence-electron chi connectivity index (χ2n) is 9.95. The molecular weight excluding hydrogens is 466 g/mol. The lowest BCUT2D eigenvalue weighted by molar-refractivity contribution is 0.620. The molecule has 9 rings (SSSR count). The third kappa shape index (κ3) is 2.65. The van der Waals surface area contributed by atoms with Crippen LogP contribution < -0.4 is 0 Å². The molecule has 2 heterocycles. The van der Waals surface area contributed by atoms with E-state index in [0.29, 0.717) is 5.89 Å². The number of fused-ring (bicyclic) bond motifs is 8. The summed E-state index contributed by atoms with van der Waals surface area (Å²) in [7, 11) is 0. The minimum Gasteiger partial charge on any atom is -0.455 e. The van der Waals surface area contributed by atoms with Crippen LogP contribution in [0, 0.1) is 0 Å². The van der Waals surface area contributed by atoms with Gasteiger partial charge in [-0.05, 0) is 75.8 Å². The molecule has 0 radical (unpaired) electrons. The molecule has 0 aliphatic heterocycles. The van der Waals surface area contributed by atoms with Crippen molar-refractivity contribution in [2.24, 2.45) is 0 Å². The maximum absolute atomic E-state index is 6.35. The Kier molecular flexibility index (Phi) is 3.79. The summed E-state index contributed by atoms with van der Waals surface area (Å²) in [6, 6.07) is 40.3. The Bertz CT molecular complexity index is 2200. The molecule has 0 spiro atoms. The number of oxazole rings is 1. The Labute approximate surface area is 217 Å². The molecule has 1 aliphatic rings. The third-order valence-electron chi connectivity index (χ3n) is 7.86. The highest BCUT2D eigenvalue weighted by Crippen LogP contribution is 2.51. The second kappa shape index (κ2) is 7.21. The number of benzene rings is 6. The molecule has 0 saturated heterocycles. The van der Waals surface area contributed by atoms with Gasteiger partial charge in [0.2, 0.25) is 5.89 Å². The Morgan fingerprint density at radius 1 is 0.447 bits per heavy atom. The van der Waals surface area contributed by atoms with E-state index in [1.54, 1.807) is 0 Å². The molecule has 2 aromatic heterocycles. The molecule has 8 aromatic rings. The van der Waals surface area contributed by atoms with Gasteiger partial charge in [-0.1, -0.05) is 72.8 Å². The van der Waals surface area contributed by atoms with Crippen LogP contribution >= 0.6 is 0 Å². The fourth-order valence-corrected chi connectivity index (χ4v) is 6.08. The first kappa shape index (κ1) is 20.0. The summed E-state index contributed by atoms with van der Waals surface area (Å²) in [6.45, 7) is 0. The SMILES string of the molecule is c1ccc2oc(-c3ccc(-c4ccc5c(c4)-c4cc6c7ccccc7oc6c6cccc-5c46)cc3)nc2c1. The van der Waals surface area contributed by atoms with Crippen molar-refractivity contribution in [2.75, 3.05) is 0 Å². The normalized spacial score (nSPS) is 12.2. The summed E-state index contributed by atoms with van der Waals surface area (Å²) >= 11 is 0. The van der Waals surface area contributed by atoms with Gasteiger partial charge in [-0.3, -0.25) is 0 Å². The van der Waals surface area contributed by atoms with E-state index in [1.807, 2.05) is 36.4 Å². The highest BCUT2D eigenvalue weighted by Gasteiger charge is 2.25. The number of furan rings is 1. The van der Waals surface area contributed by atoms with Crippen molar-refractivity contribution in [3.8, 4) is 44.8 Å². The molecule has 0 bridgehead atoms. The first-order valence-electron chi connectivity index (χ1n) is 12.8. The van der Waals surface area contributed by atoms with E-state index in [4.69, 9.17) is 8.83 Å². The molecule has 176 valence electrons. The van der Waals surface area contributed by atoms with Crippen LogP contribution in [0.1, 0.15) is 0 Å². The molecule has 6 aromatic carbocycles. The Morgan fingerprint density at radius 2 is 1.21 bits per heavy atom. The van der Waals surface area contributed by atoms with Crippen molar-refractivity contribution < 1.29 is 8.83 Å². The Hall–Kier alpha value is -5.15. The molecule has 0 atom stereocenters. The lowest BCUT2D eigenvalue weighted by Crippen LogP contribution is -1.83. The van der Waals surface area contributed by atoms with Gasteiger partial charge in [0.25, 0.3) is 0 Å². The molecule has 1 aliphatic carbocycles. The summed E-state index contributed by atoms with van der Waals surface area (Å²) in [5.74, 6) is 0.644. The lowest BCUT2D eigenvalue weighted by atomic mass is 9.96. The highest BCUT2D eigenvalue weighted by molar-refractivity contribution is 6.26. The van der Waals surface area contributed by atoms with E-state index in [1.165, 1.54) is 44.0 Å². The van der Waals surface area contributed by atoms with Gasteiger partial charge in [0.1, 0.15) is 16.7 Å². The summed E-state index contributed by atoms with van der Waals surface area (Å²) < 4.78 is 12.3. The van der Waals surface area contributed by atoms with Gasteiger partial charge < -0.3 is 8.83 Å². The Balaban J connectivity index is 1.19. The van der Waals surface area contributed by atoms with E-state index >= 15 is 0 Å². The zero-order chi connectivity index (χ0) is 24.8. The third-order valence-corrected chi connectivity index (χ3v) is 7.86. The lowest BCUT2D eigenvalue weighted by Gasteiger charge is -2.08. The Morgan fingerprint density at radius 3 is 2.11 bits per heavy atom. The monoisotopic (exact) mass is 485 g/mol. The number of nitrogens with zero attached hydrogens (tertiary/aromatic N) is 1. The van der Waals surface area contributed by atoms with Gasteiger partial charge in [-0.25, -0.2) is 4.98 Å². The molecule has 0 N–H and O–H groups in total. The van der Waals surface area contributed by atoms with Gasteiger partial charge in [-0.2, -0.15) is 0 Å². The van der Waals surface area contributed by atoms with Gasteiger partial charge >= 0.3 is 0 Å². The molecule has 0 amide bonds. The minimum absolute atomic E-state index is 0.644. The number of para-hydroxylation sites is 3. The van der Waals surface area contributed by atoms with E-state index < -0.39 is 0 Å². The predicted octanol–water partition coefficient (Wildman–Crippen LogP) is 9.86. The topological polar surface area (TPSA) is 39.2 Å². The molecule has 0 unspecified atom stereocenters. The predicted molar refractivity (Wildman–Crippen MR) is 154 cm³/mol. The summed E-state index contributed by atoms with van der Waals surface area (Å²) in [5.41, 5.74) is 12.0. The molecule has 3 nitrogen and oxygen atoms in total. The van der Waals surface area contributed by atoms with Gasteiger partial charge in [0, 0.05) is 27.1 Å². The number of rotatable bonds is 2. The molecule has 38 heavy (non-hydrogen) atoms. The zero-order valence-electron chi connectivity index (χ0n) is 20.2. The second-order valence-corrected chi connectivity index (χ2v) is 9.95. The summed E-state index contributed by atoms with van der Waals surface area (Å²) in [4.78, 5) is 4.65. The van der Waals surface area contributed by atoms with E-state index in [-0.39, 0.29) is 0 Å². The van der Waals surface area contributed by atoms with Crippen molar-refractivity contribution in [3.05, 3.63) is 115 Å². The number of hydrogen-bond donors (Lipinski definition) is 0. The number of aromatic nitrogens is 1. The van der Waals surface area contributed by atoms with Crippen LogP contribution in [0.25, 0.3) is 88.6 Å². The van der Waals surface area contributed by atoms with Crippen molar-refractivity contribution >= 4 is 43.8 Å². The van der Waals surface area contributed by atoms with Crippen LogP contribution in [-0.4, -0.2) is 4.98 Å². The maximum Gasteiger partial charge on any atom is 0.227 e. The van der Waals surface area contributed by atoms with E-state index in [2.05, 4.69) is 83.8 Å². The fraction of sp³-hybridized carbons (Fsp3) is 0. The van der Waals surface area contributed by atoms with Crippen LogP contribution in [0.4, 0.5) is 0 Å². The van der Waals surface area contributed by atoms with E-state index in [9.17, 15) is 0 Å².